The third-order valence-electron chi connectivity index (χ3n) is 8.26. The lowest BCUT2D eigenvalue weighted by Gasteiger charge is -2.58. The SMILES string of the molecule is CC(=O)OC1CCC2(C)C3CCC4(C)C(=O)CCC4C3CCN2C(=O)C1. The number of hydrogen-bond acceptors (Lipinski definition) is 4. The summed E-state index contributed by atoms with van der Waals surface area (Å²) in [6.07, 6.45) is 6.42. The van der Waals surface area contributed by atoms with E-state index in [0.717, 1.165) is 51.5 Å². The lowest BCUT2D eigenvalue weighted by Crippen LogP contribution is -2.62. The minimum atomic E-state index is -0.302. The molecule has 4 aliphatic rings. The van der Waals surface area contributed by atoms with Crippen LogP contribution in [-0.2, 0) is 19.1 Å². The molecule has 2 saturated heterocycles. The molecular weight excluding hydrogens is 330 g/mol. The molecule has 1 amide bonds. The zero-order valence-corrected chi connectivity index (χ0v) is 16.3. The van der Waals surface area contributed by atoms with Gasteiger partial charge in [0.15, 0.2) is 0 Å². The number of ether oxygens (including phenoxy) is 1. The summed E-state index contributed by atoms with van der Waals surface area (Å²) < 4.78 is 5.40. The van der Waals surface area contributed by atoms with E-state index >= 15 is 0 Å². The lowest BCUT2D eigenvalue weighted by molar-refractivity contribution is -0.155. The van der Waals surface area contributed by atoms with Crippen molar-refractivity contribution in [2.45, 2.75) is 83.8 Å². The van der Waals surface area contributed by atoms with Crippen molar-refractivity contribution < 1.29 is 19.1 Å². The molecular formula is C21H31NO4. The minimum Gasteiger partial charge on any atom is -0.462 e. The number of carbonyl (C=O) groups is 3. The summed E-state index contributed by atoms with van der Waals surface area (Å²) in [5.41, 5.74) is -0.295. The Bertz CT molecular complexity index is 646. The van der Waals surface area contributed by atoms with E-state index in [1.807, 2.05) is 0 Å². The van der Waals surface area contributed by atoms with Crippen LogP contribution in [0.3, 0.4) is 0 Å². The fourth-order valence-corrected chi connectivity index (χ4v) is 6.89. The van der Waals surface area contributed by atoms with Gasteiger partial charge in [0.1, 0.15) is 11.9 Å². The van der Waals surface area contributed by atoms with Crippen LogP contribution in [0, 0.1) is 23.2 Å². The predicted octanol–water partition coefficient (Wildman–Crippen LogP) is 3.10. The van der Waals surface area contributed by atoms with Crippen molar-refractivity contribution in [2.75, 3.05) is 6.54 Å². The van der Waals surface area contributed by atoms with Gasteiger partial charge in [-0.25, -0.2) is 0 Å². The fourth-order valence-electron chi connectivity index (χ4n) is 6.89. The van der Waals surface area contributed by atoms with Gasteiger partial charge in [0.25, 0.3) is 0 Å². The first-order chi connectivity index (χ1) is 12.3. The van der Waals surface area contributed by atoms with E-state index in [-0.39, 0.29) is 28.9 Å². The highest BCUT2D eigenvalue weighted by Crippen LogP contribution is 2.60. The Morgan fingerprint density at radius 2 is 1.85 bits per heavy atom. The summed E-state index contributed by atoms with van der Waals surface area (Å²) in [4.78, 5) is 38.9. The van der Waals surface area contributed by atoms with Crippen molar-refractivity contribution >= 4 is 17.7 Å². The number of esters is 1. The van der Waals surface area contributed by atoms with Gasteiger partial charge in [-0.15, -0.1) is 0 Å². The molecule has 0 radical (unpaired) electrons. The summed E-state index contributed by atoms with van der Waals surface area (Å²) >= 11 is 0. The molecule has 2 heterocycles. The molecule has 5 nitrogen and oxygen atoms in total. The first-order valence-electron chi connectivity index (χ1n) is 10.3. The molecule has 0 spiro atoms. The number of carbonyl (C=O) groups excluding carboxylic acids is 3. The second kappa shape index (κ2) is 6.07. The Balaban J connectivity index is 1.61. The highest BCUT2D eigenvalue weighted by Gasteiger charge is 2.60. The van der Waals surface area contributed by atoms with Gasteiger partial charge in [0.05, 0.1) is 6.42 Å². The van der Waals surface area contributed by atoms with Crippen LogP contribution in [0.2, 0.25) is 0 Å². The number of fused-ring (bicyclic) bond motifs is 5. The molecule has 5 heteroatoms. The number of ketones is 1. The van der Waals surface area contributed by atoms with E-state index in [9.17, 15) is 14.4 Å². The molecule has 0 aromatic heterocycles. The first-order valence-corrected chi connectivity index (χ1v) is 10.3. The van der Waals surface area contributed by atoms with Crippen molar-refractivity contribution in [1.82, 2.24) is 4.90 Å². The van der Waals surface area contributed by atoms with Crippen LogP contribution < -0.4 is 0 Å². The zero-order chi connectivity index (χ0) is 18.7. The molecule has 26 heavy (non-hydrogen) atoms. The average molecular weight is 361 g/mol. The molecule has 144 valence electrons. The number of nitrogens with zero attached hydrogens (tertiary/aromatic N) is 1. The molecule has 6 unspecified atom stereocenters. The molecule has 2 aliphatic carbocycles. The van der Waals surface area contributed by atoms with E-state index in [0.29, 0.717) is 30.0 Å². The monoisotopic (exact) mass is 361 g/mol. The van der Waals surface area contributed by atoms with E-state index < -0.39 is 0 Å². The molecule has 2 saturated carbocycles. The second-order valence-electron chi connectivity index (χ2n) is 9.46. The lowest BCUT2D eigenvalue weighted by atomic mass is 9.53. The van der Waals surface area contributed by atoms with Crippen molar-refractivity contribution in [1.29, 1.82) is 0 Å². The van der Waals surface area contributed by atoms with Crippen LogP contribution in [0.1, 0.15) is 72.1 Å². The Morgan fingerprint density at radius 3 is 2.58 bits per heavy atom. The second-order valence-corrected chi connectivity index (χ2v) is 9.46. The first kappa shape index (κ1) is 18.0. The molecule has 0 N–H and O–H groups in total. The standard InChI is InChI=1S/C21H31NO4/c1-13(23)26-14-6-10-21(3)17-7-9-20(2)16(4-5-18(20)24)15(17)8-11-22(21)19(25)12-14/h14-17H,4-12H2,1-3H3. The molecule has 4 fully saturated rings. The van der Waals surface area contributed by atoms with Crippen LogP contribution in [0.25, 0.3) is 0 Å². The third kappa shape index (κ3) is 2.53. The molecule has 6 atom stereocenters. The molecule has 2 aliphatic heterocycles. The van der Waals surface area contributed by atoms with Crippen LogP contribution in [0.5, 0.6) is 0 Å². The van der Waals surface area contributed by atoms with Crippen molar-refractivity contribution in [3.8, 4) is 0 Å². The van der Waals surface area contributed by atoms with Gasteiger partial charge in [0.2, 0.25) is 5.91 Å². The molecule has 0 aromatic carbocycles. The number of amides is 1. The van der Waals surface area contributed by atoms with E-state index in [1.165, 1.54) is 6.92 Å². The van der Waals surface area contributed by atoms with Crippen LogP contribution in [-0.4, -0.2) is 40.7 Å². The Morgan fingerprint density at radius 1 is 1.08 bits per heavy atom. The smallest absolute Gasteiger partial charge is 0.302 e. The van der Waals surface area contributed by atoms with Crippen LogP contribution >= 0.6 is 0 Å². The fraction of sp³-hybridized carbons (Fsp3) is 0.857. The minimum absolute atomic E-state index is 0.130. The van der Waals surface area contributed by atoms with Crippen molar-refractivity contribution in [3.63, 3.8) is 0 Å². The van der Waals surface area contributed by atoms with E-state index in [1.54, 1.807) is 0 Å². The average Bonchev–Trinajstić information content (AvgIpc) is 2.81. The van der Waals surface area contributed by atoms with Crippen molar-refractivity contribution in [2.24, 2.45) is 23.2 Å². The van der Waals surface area contributed by atoms with E-state index in [4.69, 9.17) is 4.74 Å². The summed E-state index contributed by atoms with van der Waals surface area (Å²) in [5, 5.41) is 0. The van der Waals surface area contributed by atoms with Gasteiger partial charge in [-0.2, -0.15) is 0 Å². The number of rotatable bonds is 1. The predicted molar refractivity (Wildman–Crippen MR) is 96.2 cm³/mol. The van der Waals surface area contributed by atoms with Gasteiger partial charge in [-0.3, -0.25) is 14.4 Å². The van der Waals surface area contributed by atoms with Gasteiger partial charge in [-0.1, -0.05) is 6.92 Å². The third-order valence-corrected chi connectivity index (χ3v) is 8.26. The Labute approximate surface area is 155 Å². The van der Waals surface area contributed by atoms with Crippen LogP contribution in [0.4, 0.5) is 0 Å². The van der Waals surface area contributed by atoms with Gasteiger partial charge < -0.3 is 9.64 Å². The van der Waals surface area contributed by atoms with Crippen molar-refractivity contribution in [3.05, 3.63) is 0 Å². The van der Waals surface area contributed by atoms with Gasteiger partial charge in [-0.05, 0) is 63.2 Å². The maximum atomic E-state index is 12.9. The van der Waals surface area contributed by atoms with Gasteiger partial charge >= 0.3 is 5.97 Å². The number of hydrogen-bond donors (Lipinski definition) is 0. The number of Topliss-reactive ketones (excluding diaryl/α,β-unsaturated/α-hetero) is 1. The Kier molecular flexibility index (Phi) is 4.20. The zero-order valence-electron chi connectivity index (χ0n) is 16.3. The summed E-state index contributed by atoms with van der Waals surface area (Å²) in [5.74, 6) is 1.77. The Hall–Kier alpha value is -1.39. The summed E-state index contributed by atoms with van der Waals surface area (Å²) in [6.45, 7) is 6.63. The van der Waals surface area contributed by atoms with Crippen LogP contribution in [0.15, 0.2) is 0 Å². The molecule has 4 rings (SSSR count). The molecule has 0 bridgehead atoms. The van der Waals surface area contributed by atoms with E-state index in [2.05, 4.69) is 18.7 Å². The van der Waals surface area contributed by atoms with Gasteiger partial charge in [0, 0.05) is 30.8 Å². The quantitative estimate of drug-likeness (QED) is 0.673. The maximum Gasteiger partial charge on any atom is 0.302 e. The largest absolute Gasteiger partial charge is 0.462 e. The highest BCUT2D eigenvalue weighted by molar-refractivity contribution is 5.87. The maximum absolute atomic E-state index is 12.9. The number of piperidine rings is 1. The molecule has 0 aromatic rings. The topological polar surface area (TPSA) is 63.7 Å². The summed E-state index contributed by atoms with van der Waals surface area (Å²) in [7, 11) is 0. The normalized spacial score (nSPS) is 45.4. The summed E-state index contributed by atoms with van der Waals surface area (Å²) in [6, 6.07) is 0. The highest BCUT2D eigenvalue weighted by atomic mass is 16.5.